The molecule has 78 valence electrons. The van der Waals surface area contributed by atoms with Crippen LogP contribution in [-0.2, 0) is 6.54 Å². The third-order valence-electron chi connectivity index (χ3n) is 1.85. The molecule has 3 nitrogen and oxygen atoms in total. The van der Waals surface area contributed by atoms with Crippen LogP contribution in [0.5, 0.6) is 5.75 Å². The topological polar surface area (TPSA) is 41.5 Å². The fourth-order valence-electron chi connectivity index (χ4n) is 1.20. The molecule has 0 fully saturated rings. The van der Waals surface area contributed by atoms with E-state index < -0.39 is 0 Å². The molecule has 0 unspecified atom stereocenters. The van der Waals surface area contributed by atoms with Crippen molar-refractivity contribution in [3.05, 3.63) is 29.8 Å². The number of aliphatic hydroxyl groups is 1. The second-order valence-corrected chi connectivity index (χ2v) is 3.10. The highest BCUT2D eigenvalue weighted by atomic mass is 16.5. The van der Waals surface area contributed by atoms with Crippen LogP contribution in [0.1, 0.15) is 12.0 Å². The Morgan fingerprint density at radius 3 is 3.00 bits per heavy atom. The number of ether oxygens (including phenoxy) is 1. The van der Waals surface area contributed by atoms with Gasteiger partial charge >= 0.3 is 0 Å². The predicted octanol–water partition coefficient (Wildman–Crippen LogP) is 1.17. The number of benzene rings is 1. The summed E-state index contributed by atoms with van der Waals surface area (Å²) >= 11 is 0. The fraction of sp³-hybridized carbons (Fsp3) is 0.455. The summed E-state index contributed by atoms with van der Waals surface area (Å²) in [5.41, 5.74) is 1.20. The van der Waals surface area contributed by atoms with E-state index in [1.807, 2.05) is 25.2 Å². The van der Waals surface area contributed by atoms with Gasteiger partial charge in [0.05, 0.1) is 6.61 Å². The number of aliphatic hydroxyl groups excluding tert-OH is 1. The Balaban J connectivity index is 2.46. The lowest BCUT2D eigenvalue weighted by atomic mass is 10.2. The Morgan fingerprint density at radius 1 is 1.43 bits per heavy atom. The van der Waals surface area contributed by atoms with Crippen LogP contribution in [0.3, 0.4) is 0 Å². The van der Waals surface area contributed by atoms with Crippen LogP contribution in [0.25, 0.3) is 0 Å². The summed E-state index contributed by atoms with van der Waals surface area (Å²) in [7, 11) is 1.92. The zero-order valence-corrected chi connectivity index (χ0v) is 8.49. The van der Waals surface area contributed by atoms with Crippen molar-refractivity contribution >= 4 is 0 Å². The molecule has 0 saturated carbocycles. The fourth-order valence-corrected chi connectivity index (χ4v) is 1.20. The highest BCUT2D eigenvalue weighted by Crippen LogP contribution is 2.13. The zero-order chi connectivity index (χ0) is 10.2. The second kappa shape index (κ2) is 6.40. The Kier molecular flexibility index (Phi) is 5.04. The van der Waals surface area contributed by atoms with Gasteiger partial charge in [-0.05, 0) is 24.7 Å². The Hall–Kier alpha value is -1.06. The molecule has 0 bridgehead atoms. The van der Waals surface area contributed by atoms with Crippen molar-refractivity contribution in [2.45, 2.75) is 13.0 Å². The number of nitrogens with one attached hydrogen (secondary N) is 1. The molecule has 1 aromatic rings. The third-order valence-corrected chi connectivity index (χ3v) is 1.85. The van der Waals surface area contributed by atoms with E-state index in [4.69, 9.17) is 9.84 Å². The molecular formula is C11H17NO2. The van der Waals surface area contributed by atoms with Gasteiger partial charge in [-0.25, -0.2) is 0 Å². The molecule has 0 radical (unpaired) electrons. The molecule has 0 atom stereocenters. The van der Waals surface area contributed by atoms with E-state index >= 15 is 0 Å². The summed E-state index contributed by atoms with van der Waals surface area (Å²) in [6.45, 7) is 1.59. The van der Waals surface area contributed by atoms with Crippen molar-refractivity contribution < 1.29 is 9.84 Å². The summed E-state index contributed by atoms with van der Waals surface area (Å²) < 4.78 is 5.45. The molecule has 14 heavy (non-hydrogen) atoms. The summed E-state index contributed by atoms with van der Waals surface area (Å²) in [5, 5.41) is 11.7. The van der Waals surface area contributed by atoms with Gasteiger partial charge in [0.25, 0.3) is 0 Å². The SMILES string of the molecule is CNCc1cccc(OCCCO)c1. The van der Waals surface area contributed by atoms with Gasteiger partial charge in [0.15, 0.2) is 0 Å². The average Bonchev–Trinajstić information content (AvgIpc) is 2.19. The standard InChI is InChI=1S/C11H17NO2/c1-12-9-10-4-2-5-11(8-10)14-7-3-6-13/h2,4-5,8,12-13H,3,6-7,9H2,1H3. The molecule has 0 saturated heterocycles. The Morgan fingerprint density at radius 2 is 2.29 bits per heavy atom. The summed E-state index contributed by atoms with van der Waals surface area (Å²) in [6.07, 6.45) is 0.677. The first-order chi connectivity index (χ1) is 6.86. The maximum atomic E-state index is 8.59. The zero-order valence-electron chi connectivity index (χ0n) is 8.49. The van der Waals surface area contributed by atoms with Crippen LogP contribution in [0, 0.1) is 0 Å². The minimum Gasteiger partial charge on any atom is -0.493 e. The summed E-state index contributed by atoms with van der Waals surface area (Å²) in [5.74, 6) is 0.867. The lowest BCUT2D eigenvalue weighted by Crippen LogP contribution is -2.05. The van der Waals surface area contributed by atoms with Crippen molar-refractivity contribution in [1.29, 1.82) is 0 Å². The van der Waals surface area contributed by atoms with Gasteiger partial charge < -0.3 is 15.2 Å². The van der Waals surface area contributed by atoms with E-state index in [9.17, 15) is 0 Å². The molecule has 0 heterocycles. The van der Waals surface area contributed by atoms with E-state index in [0.717, 1.165) is 12.3 Å². The van der Waals surface area contributed by atoms with Crippen LogP contribution in [0.15, 0.2) is 24.3 Å². The Labute approximate surface area is 84.7 Å². The lowest BCUT2D eigenvalue weighted by molar-refractivity contribution is 0.233. The number of rotatable bonds is 6. The number of hydrogen-bond acceptors (Lipinski definition) is 3. The molecule has 0 aliphatic heterocycles. The van der Waals surface area contributed by atoms with Crippen molar-refractivity contribution in [3.8, 4) is 5.75 Å². The van der Waals surface area contributed by atoms with Gasteiger partial charge in [0, 0.05) is 19.6 Å². The highest BCUT2D eigenvalue weighted by Gasteiger charge is 1.95. The predicted molar refractivity (Wildman–Crippen MR) is 56.4 cm³/mol. The molecule has 0 amide bonds. The third kappa shape index (κ3) is 3.77. The molecule has 0 aromatic heterocycles. The van der Waals surface area contributed by atoms with Crippen molar-refractivity contribution in [1.82, 2.24) is 5.32 Å². The lowest BCUT2D eigenvalue weighted by Gasteiger charge is -2.06. The van der Waals surface area contributed by atoms with Crippen LogP contribution < -0.4 is 10.1 Å². The summed E-state index contributed by atoms with van der Waals surface area (Å²) in [6, 6.07) is 7.96. The van der Waals surface area contributed by atoms with Crippen molar-refractivity contribution in [2.75, 3.05) is 20.3 Å². The normalized spacial score (nSPS) is 10.1. The molecule has 3 heteroatoms. The smallest absolute Gasteiger partial charge is 0.119 e. The van der Waals surface area contributed by atoms with Gasteiger partial charge in [0.2, 0.25) is 0 Å². The van der Waals surface area contributed by atoms with Gasteiger partial charge in [0.1, 0.15) is 5.75 Å². The Bertz CT molecular complexity index is 263. The quantitative estimate of drug-likeness (QED) is 0.669. The molecular weight excluding hydrogens is 178 g/mol. The first kappa shape index (κ1) is 11.0. The van der Waals surface area contributed by atoms with Crippen LogP contribution >= 0.6 is 0 Å². The van der Waals surface area contributed by atoms with Crippen molar-refractivity contribution in [2.24, 2.45) is 0 Å². The molecule has 0 aliphatic carbocycles. The molecule has 1 aromatic carbocycles. The van der Waals surface area contributed by atoms with Gasteiger partial charge in [-0.2, -0.15) is 0 Å². The molecule has 2 N–H and O–H groups in total. The van der Waals surface area contributed by atoms with E-state index in [2.05, 4.69) is 11.4 Å². The maximum Gasteiger partial charge on any atom is 0.119 e. The van der Waals surface area contributed by atoms with Crippen LogP contribution in [0.2, 0.25) is 0 Å². The number of hydrogen-bond donors (Lipinski definition) is 2. The minimum absolute atomic E-state index is 0.177. The average molecular weight is 195 g/mol. The van der Waals surface area contributed by atoms with Crippen LogP contribution in [-0.4, -0.2) is 25.4 Å². The molecule has 0 aliphatic rings. The van der Waals surface area contributed by atoms with E-state index in [1.165, 1.54) is 5.56 Å². The van der Waals surface area contributed by atoms with Crippen LogP contribution in [0.4, 0.5) is 0 Å². The van der Waals surface area contributed by atoms with Gasteiger partial charge in [-0.1, -0.05) is 12.1 Å². The monoisotopic (exact) mass is 195 g/mol. The first-order valence-electron chi connectivity index (χ1n) is 4.84. The largest absolute Gasteiger partial charge is 0.493 e. The van der Waals surface area contributed by atoms with Crippen molar-refractivity contribution in [3.63, 3.8) is 0 Å². The first-order valence-corrected chi connectivity index (χ1v) is 4.84. The minimum atomic E-state index is 0.177. The highest BCUT2D eigenvalue weighted by molar-refractivity contribution is 5.28. The van der Waals surface area contributed by atoms with Gasteiger partial charge in [-0.3, -0.25) is 0 Å². The maximum absolute atomic E-state index is 8.59. The van der Waals surface area contributed by atoms with E-state index in [0.29, 0.717) is 13.0 Å². The van der Waals surface area contributed by atoms with Gasteiger partial charge in [-0.15, -0.1) is 0 Å². The van der Waals surface area contributed by atoms with E-state index in [1.54, 1.807) is 0 Å². The second-order valence-electron chi connectivity index (χ2n) is 3.10. The molecule has 1 rings (SSSR count). The summed E-state index contributed by atoms with van der Waals surface area (Å²) in [4.78, 5) is 0. The van der Waals surface area contributed by atoms with E-state index in [-0.39, 0.29) is 6.61 Å². The molecule has 0 spiro atoms.